The Kier molecular flexibility index (Phi) is 8.62. The Labute approximate surface area is 128 Å². The van der Waals surface area contributed by atoms with Gasteiger partial charge in [0.25, 0.3) is 0 Å². The minimum Gasteiger partial charge on any atom is -0.465 e. The van der Waals surface area contributed by atoms with Gasteiger partial charge in [-0.25, -0.2) is 0 Å². The molecule has 1 aliphatic carbocycles. The highest BCUT2D eigenvalue weighted by Crippen LogP contribution is 2.36. The summed E-state index contributed by atoms with van der Waals surface area (Å²) in [6.07, 6.45) is 4.95. The van der Waals surface area contributed by atoms with Crippen molar-refractivity contribution in [3.63, 3.8) is 0 Å². The third-order valence-corrected chi connectivity index (χ3v) is 5.50. The van der Waals surface area contributed by atoms with Crippen molar-refractivity contribution >= 4 is 17.7 Å². The Morgan fingerprint density at radius 1 is 1.35 bits per heavy atom. The van der Waals surface area contributed by atoms with E-state index < -0.39 is 0 Å². The predicted octanol–water partition coefficient (Wildman–Crippen LogP) is 3.48. The van der Waals surface area contributed by atoms with Crippen LogP contribution in [0.15, 0.2) is 0 Å². The molecule has 0 spiro atoms. The molecule has 0 aromatic rings. The number of thioether (sulfide) groups is 1. The summed E-state index contributed by atoms with van der Waals surface area (Å²) >= 11 is 1.79. The first-order valence-electron chi connectivity index (χ1n) is 8.09. The van der Waals surface area contributed by atoms with Gasteiger partial charge in [0.05, 0.1) is 12.4 Å². The average molecular weight is 301 g/mol. The standard InChI is InChI=1S/C16H31NO2S/c1-5-9-17-14-8-7-13(12(3)4)10-15(14)20-11-16(18)19-6-2/h12-15,17H,5-11H2,1-4H3. The van der Waals surface area contributed by atoms with Crippen LogP contribution < -0.4 is 5.32 Å². The van der Waals surface area contributed by atoms with E-state index >= 15 is 0 Å². The lowest BCUT2D eigenvalue weighted by Crippen LogP contribution is -2.44. The third-order valence-electron chi connectivity index (χ3n) is 4.15. The van der Waals surface area contributed by atoms with Gasteiger partial charge in [0.1, 0.15) is 0 Å². The lowest BCUT2D eigenvalue weighted by Gasteiger charge is -2.38. The van der Waals surface area contributed by atoms with E-state index in [1.165, 1.54) is 25.7 Å². The highest BCUT2D eigenvalue weighted by atomic mass is 32.2. The van der Waals surface area contributed by atoms with Gasteiger partial charge in [-0.1, -0.05) is 20.8 Å². The van der Waals surface area contributed by atoms with Gasteiger partial charge in [-0.05, 0) is 51.0 Å². The van der Waals surface area contributed by atoms with Gasteiger partial charge in [-0.3, -0.25) is 4.79 Å². The number of carbonyl (C=O) groups is 1. The van der Waals surface area contributed by atoms with Gasteiger partial charge in [0.15, 0.2) is 0 Å². The van der Waals surface area contributed by atoms with Crippen LogP contribution in [0.25, 0.3) is 0 Å². The zero-order valence-corrected chi connectivity index (χ0v) is 14.3. The SMILES string of the molecule is CCCNC1CCC(C(C)C)CC1SCC(=O)OCC. The van der Waals surface area contributed by atoms with Gasteiger partial charge in [0, 0.05) is 11.3 Å². The van der Waals surface area contributed by atoms with E-state index in [2.05, 4.69) is 26.1 Å². The minimum atomic E-state index is -0.0709. The van der Waals surface area contributed by atoms with Gasteiger partial charge in [-0.2, -0.15) is 0 Å². The Morgan fingerprint density at radius 2 is 2.10 bits per heavy atom. The van der Waals surface area contributed by atoms with Gasteiger partial charge in [0.2, 0.25) is 0 Å². The molecule has 4 heteroatoms. The molecule has 3 atom stereocenters. The number of nitrogens with one attached hydrogen (secondary N) is 1. The molecule has 1 saturated carbocycles. The second-order valence-corrected chi connectivity index (χ2v) is 7.26. The van der Waals surface area contributed by atoms with Crippen molar-refractivity contribution in [3.05, 3.63) is 0 Å². The summed E-state index contributed by atoms with van der Waals surface area (Å²) < 4.78 is 5.04. The average Bonchev–Trinajstić information content (AvgIpc) is 2.43. The van der Waals surface area contributed by atoms with Crippen molar-refractivity contribution in [2.45, 2.75) is 64.7 Å². The number of rotatable bonds is 8. The summed E-state index contributed by atoms with van der Waals surface area (Å²) in [5, 5.41) is 4.21. The summed E-state index contributed by atoms with van der Waals surface area (Å²) in [5.41, 5.74) is 0. The van der Waals surface area contributed by atoms with Crippen LogP contribution in [0.1, 0.15) is 53.4 Å². The van der Waals surface area contributed by atoms with Crippen molar-refractivity contribution < 1.29 is 9.53 Å². The second kappa shape index (κ2) is 9.67. The molecule has 0 bridgehead atoms. The molecule has 1 aliphatic rings. The fraction of sp³-hybridized carbons (Fsp3) is 0.938. The van der Waals surface area contributed by atoms with E-state index in [1.54, 1.807) is 11.8 Å². The lowest BCUT2D eigenvalue weighted by atomic mass is 9.79. The van der Waals surface area contributed by atoms with Crippen LogP contribution >= 0.6 is 11.8 Å². The molecular formula is C16H31NO2S. The molecule has 0 heterocycles. The maximum absolute atomic E-state index is 11.6. The zero-order chi connectivity index (χ0) is 15.0. The first kappa shape index (κ1) is 17.8. The number of ether oxygens (including phenoxy) is 1. The first-order chi connectivity index (χ1) is 9.58. The highest BCUT2D eigenvalue weighted by molar-refractivity contribution is 8.00. The molecule has 0 aromatic carbocycles. The summed E-state index contributed by atoms with van der Waals surface area (Å²) in [4.78, 5) is 11.6. The molecule has 1 N–H and O–H groups in total. The molecule has 1 fully saturated rings. The van der Waals surface area contributed by atoms with Crippen molar-refractivity contribution in [1.82, 2.24) is 5.32 Å². The predicted molar refractivity (Wildman–Crippen MR) is 87.1 cm³/mol. The van der Waals surface area contributed by atoms with E-state index in [1.807, 2.05) is 6.92 Å². The molecule has 1 rings (SSSR count). The number of hydrogen-bond donors (Lipinski definition) is 1. The van der Waals surface area contributed by atoms with Crippen LogP contribution in [-0.2, 0) is 9.53 Å². The van der Waals surface area contributed by atoms with Crippen molar-refractivity contribution in [3.8, 4) is 0 Å². The summed E-state index contributed by atoms with van der Waals surface area (Å²) in [6, 6.07) is 0.560. The monoisotopic (exact) mass is 301 g/mol. The molecule has 0 saturated heterocycles. The second-order valence-electron chi connectivity index (χ2n) is 6.03. The minimum absolute atomic E-state index is 0.0709. The Balaban J connectivity index is 2.50. The van der Waals surface area contributed by atoms with Crippen molar-refractivity contribution in [1.29, 1.82) is 0 Å². The normalized spacial score (nSPS) is 26.8. The topological polar surface area (TPSA) is 38.3 Å². The smallest absolute Gasteiger partial charge is 0.315 e. The van der Waals surface area contributed by atoms with Gasteiger partial charge < -0.3 is 10.1 Å². The lowest BCUT2D eigenvalue weighted by molar-refractivity contribution is -0.139. The Morgan fingerprint density at radius 3 is 2.70 bits per heavy atom. The fourth-order valence-corrected chi connectivity index (χ4v) is 4.17. The van der Waals surface area contributed by atoms with Crippen LogP contribution in [0, 0.1) is 11.8 Å². The Bertz CT molecular complexity index is 284. The number of esters is 1. The van der Waals surface area contributed by atoms with Crippen molar-refractivity contribution in [2.24, 2.45) is 11.8 Å². The van der Waals surface area contributed by atoms with Crippen LogP contribution in [-0.4, -0.2) is 36.2 Å². The fourth-order valence-electron chi connectivity index (χ4n) is 2.89. The number of hydrogen-bond acceptors (Lipinski definition) is 4. The Hall–Kier alpha value is -0.220. The number of carbonyl (C=O) groups excluding carboxylic acids is 1. The molecule has 3 nitrogen and oxygen atoms in total. The van der Waals surface area contributed by atoms with Crippen LogP contribution in [0.3, 0.4) is 0 Å². The maximum Gasteiger partial charge on any atom is 0.315 e. The quantitative estimate of drug-likeness (QED) is 0.697. The molecule has 0 radical (unpaired) electrons. The maximum atomic E-state index is 11.6. The molecule has 118 valence electrons. The van der Waals surface area contributed by atoms with Gasteiger partial charge >= 0.3 is 5.97 Å². The summed E-state index contributed by atoms with van der Waals surface area (Å²) in [7, 11) is 0. The molecule has 0 aliphatic heterocycles. The van der Waals surface area contributed by atoms with Crippen LogP contribution in [0.4, 0.5) is 0 Å². The van der Waals surface area contributed by atoms with E-state index in [9.17, 15) is 4.79 Å². The molecule has 0 amide bonds. The molecule has 20 heavy (non-hydrogen) atoms. The summed E-state index contributed by atoms with van der Waals surface area (Å²) in [5.74, 6) is 1.97. The van der Waals surface area contributed by atoms with Crippen LogP contribution in [0.5, 0.6) is 0 Å². The van der Waals surface area contributed by atoms with E-state index in [0.717, 1.165) is 18.4 Å². The van der Waals surface area contributed by atoms with E-state index in [0.29, 0.717) is 23.7 Å². The van der Waals surface area contributed by atoms with E-state index in [4.69, 9.17) is 4.74 Å². The largest absolute Gasteiger partial charge is 0.465 e. The van der Waals surface area contributed by atoms with Crippen molar-refractivity contribution in [2.75, 3.05) is 18.9 Å². The van der Waals surface area contributed by atoms with Gasteiger partial charge in [-0.15, -0.1) is 11.8 Å². The summed E-state index contributed by atoms with van der Waals surface area (Å²) in [6.45, 7) is 10.3. The van der Waals surface area contributed by atoms with E-state index in [-0.39, 0.29) is 5.97 Å². The van der Waals surface area contributed by atoms with Crippen LogP contribution in [0.2, 0.25) is 0 Å². The molecular weight excluding hydrogens is 270 g/mol. The molecule has 3 unspecified atom stereocenters. The third kappa shape index (κ3) is 6.04. The zero-order valence-electron chi connectivity index (χ0n) is 13.5. The molecule has 0 aromatic heterocycles. The highest BCUT2D eigenvalue weighted by Gasteiger charge is 2.32. The first-order valence-corrected chi connectivity index (χ1v) is 9.13.